The van der Waals surface area contributed by atoms with E-state index in [2.05, 4.69) is 15.3 Å². The first-order valence-electron chi connectivity index (χ1n) is 8.71. The molecule has 3 heterocycles. The molecule has 0 bridgehead atoms. The molecule has 0 fully saturated rings. The lowest BCUT2D eigenvalue weighted by molar-refractivity contribution is 0.300. The fraction of sp³-hybridized carbons (Fsp3) is 0.250. The molecule has 0 aromatic carbocycles. The van der Waals surface area contributed by atoms with Gasteiger partial charge in [-0.05, 0) is 56.8 Å². The predicted molar refractivity (Wildman–Crippen MR) is 106 cm³/mol. The van der Waals surface area contributed by atoms with Crippen molar-refractivity contribution in [3.8, 4) is 11.4 Å². The first kappa shape index (κ1) is 19.1. The molecule has 0 radical (unpaired) electrons. The highest BCUT2D eigenvalue weighted by atomic mass is 35.5. The van der Waals surface area contributed by atoms with Crippen LogP contribution in [0.5, 0.6) is 5.75 Å². The van der Waals surface area contributed by atoms with Gasteiger partial charge in [0.25, 0.3) is 5.56 Å². The molecule has 3 aromatic rings. The third kappa shape index (κ3) is 5.39. The molecule has 6 nitrogen and oxygen atoms in total. The number of aromatic nitrogens is 3. The highest BCUT2D eigenvalue weighted by molar-refractivity contribution is 6.30. The minimum Gasteiger partial charge on any atom is -0.487 e. The smallest absolute Gasteiger partial charge is 0.258 e. The van der Waals surface area contributed by atoms with Crippen LogP contribution in [0.2, 0.25) is 5.02 Å². The van der Waals surface area contributed by atoms with Crippen molar-refractivity contribution in [3.63, 3.8) is 0 Å². The zero-order chi connectivity index (χ0) is 19.1. The minimum atomic E-state index is -0.179. The Bertz CT molecular complexity index is 924. The van der Waals surface area contributed by atoms with Gasteiger partial charge < -0.3 is 10.1 Å². The van der Waals surface area contributed by atoms with Crippen LogP contribution in [0.15, 0.2) is 59.8 Å². The topological polar surface area (TPSA) is 69.0 Å². The molecule has 27 heavy (non-hydrogen) atoms. The van der Waals surface area contributed by atoms with E-state index in [0.717, 1.165) is 36.5 Å². The molecule has 1 N–H and O–H groups in total. The summed E-state index contributed by atoms with van der Waals surface area (Å²) in [4.78, 5) is 21.0. The maximum Gasteiger partial charge on any atom is 0.258 e. The van der Waals surface area contributed by atoms with Crippen LogP contribution in [0, 0.1) is 0 Å². The summed E-state index contributed by atoms with van der Waals surface area (Å²) in [5.74, 6) is 0.490. The van der Waals surface area contributed by atoms with Crippen molar-refractivity contribution in [1.82, 2.24) is 19.9 Å². The van der Waals surface area contributed by atoms with Gasteiger partial charge in [0, 0.05) is 24.2 Å². The summed E-state index contributed by atoms with van der Waals surface area (Å²) in [5, 5.41) is 3.69. The van der Waals surface area contributed by atoms with Crippen LogP contribution in [0.25, 0.3) is 5.69 Å². The highest BCUT2D eigenvalue weighted by Gasteiger charge is 2.04. The molecule has 3 aromatic heterocycles. The second kappa shape index (κ2) is 9.30. The fourth-order valence-electron chi connectivity index (χ4n) is 2.57. The van der Waals surface area contributed by atoms with Gasteiger partial charge >= 0.3 is 0 Å². The predicted octanol–water partition coefficient (Wildman–Crippen LogP) is 3.01. The molecule has 0 saturated carbocycles. The average molecular weight is 385 g/mol. The van der Waals surface area contributed by atoms with Crippen molar-refractivity contribution in [2.75, 3.05) is 13.6 Å². The number of halogens is 1. The van der Waals surface area contributed by atoms with Crippen LogP contribution in [0.1, 0.15) is 17.8 Å². The average Bonchev–Trinajstić information content (AvgIpc) is 2.69. The number of rotatable bonds is 8. The third-order valence-corrected chi connectivity index (χ3v) is 4.24. The van der Waals surface area contributed by atoms with E-state index < -0.39 is 0 Å². The standard InChI is InChI=1S/C20H21ClN4O2/c1-22-9-2-3-16-6-7-18(13-24-16)25-10-8-19(11-20(25)26)27-14-17-5-4-15(21)12-23-17/h4-8,10-13,22H,2-3,9,14H2,1H3. The Morgan fingerprint density at radius 1 is 1.11 bits per heavy atom. The summed E-state index contributed by atoms with van der Waals surface area (Å²) in [7, 11) is 1.93. The molecule has 0 aliphatic carbocycles. The molecule has 3 rings (SSSR count). The maximum absolute atomic E-state index is 12.4. The van der Waals surface area contributed by atoms with Crippen molar-refractivity contribution >= 4 is 11.6 Å². The Morgan fingerprint density at radius 2 is 1.93 bits per heavy atom. The van der Waals surface area contributed by atoms with Gasteiger partial charge in [0.15, 0.2) is 0 Å². The van der Waals surface area contributed by atoms with Gasteiger partial charge in [-0.25, -0.2) is 0 Å². The van der Waals surface area contributed by atoms with Crippen molar-refractivity contribution in [1.29, 1.82) is 0 Å². The first-order chi connectivity index (χ1) is 13.2. The number of hydrogen-bond donors (Lipinski definition) is 1. The van der Waals surface area contributed by atoms with Gasteiger partial charge in [0.1, 0.15) is 12.4 Å². The van der Waals surface area contributed by atoms with E-state index >= 15 is 0 Å². The Hall–Kier alpha value is -2.70. The number of pyridine rings is 3. The van der Waals surface area contributed by atoms with E-state index in [1.807, 2.05) is 19.2 Å². The van der Waals surface area contributed by atoms with Crippen molar-refractivity contribution < 1.29 is 4.74 Å². The third-order valence-electron chi connectivity index (χ3n) is 4.01. The lowest BCUT2D eigenvalue weighted by atomic mass is 10.2. The summed E-state index contributed by atoms with van der Waals surface area (Å²) in [6, 6.07) is 10.6. The molecule has 0 aliphatic heterocycles. The van der Waals surface area contributed by atoms with Crippen molar-refractivity contribution in [2.45, 2.75) is 19.4 Å². The normalized spacial score (nSPS) is 10.7. The maximum atomic E-state index is 12.4. The van der Waals surface area contributed by atoms with Gasteiger partial charge in [-0.2, -0.15) is 0 Å². The van der Waals surface area contributed by atoms with E-state index in [4.69, 9.17) is 16.3 Å². The van der Waals surface area contributed by atoms with Gasteiger partial charge in [-0.15, -0.1) is 0 Å². The van der Waals surface area contributed by atoms with Crippen LogP contribution in [-0.4, -0.2) is 28.1 Å². The van der Waals surface area contributed by atoms with Crippen LogP contribution in [0.3, 0.4) is 0 Å². The lowest BCUT2D eigenvalue weighted by Crippen LogP contribution is -2.17. The quantitative estimate of drug-likeness (QED) is 0.604. The summed E-state index contributed by atoms with van der Waals surface area (Å²) < 4.78 is 7.18. The zero-order valence-electron chi connectivity index (χ0n) is 15.1. The van der Waals surface area contributed by atoms with Crippen molar-refractivity contribution in [2.24, 2.45) is 0 Å². The first-order valence-corrected chi connectivity index (χ1v) is 9.09. The Morgan fingerprint density at radius 3 is 2.59 bits per heavy atom. The molecule has 7 heteroatoms. The van der Waals surface area contributed by atoms with E-state index in [1.54, 1.807) is 36.8 Å². The van der Waals surface area contributed by atoms with Crippen LogP contribution >= 0.6 is 11.6 Å². The lowest BCUT2D eigenvalue weighted by Gasteiger charge is -2.09. The number of nitrogens with zero attached hydrogens (tertiary/aromatic N) is 3. The number of aryl methyl sites for hydroxylation is 1. The monoisotopic (exact) mass is 384 g/mol. The molecule has 0 atom stereocenters. The van der Waals surface area contributed by atoms with E-state index in [-0.39, 0.29) is 12.2 Å². The molecule has 0 spiro atoms. The Labute approximate surface area is 162 Å². The summed E-state index contributed by atoms with van der Waals surface area (Å²) in [6.07, 6.45) is 6.89. The van der Waals surface area contributed by atoms with Gasteiger partial charge in [-0.1, -0.05) is 11.6 Å². The molecule has 0 saturated heterocycles. The molecular formula is C20H21ClN4O2. The van der Waals surface area contributed by atoms with Crippen LogP contribution in [-0.2, 0) is 13.0 Å². The zero-order valence-corrected chi connectivity index (χ0v) is 15.8. The second-order valence-electron chi connectivity index (χ2n) is 6.04. The van der Waals surface area contributed by atoms with Gasteiger partial charge in [0.05, 0.1) is 22.6 Å². The molecule has 0 amide bonds. The molecule has 140 valence electrons. The minimum absolute atomic E-state index is 0.179. The summed E-state index contributed by atoms with van der Waals surface area (Å²) >= 11 is 5.81. The molecule has 0 aliphatic rings. The molecular weight excluding hydrogens is 364 g/mol. The van der Waals surface area contributed by atoms with Crippen LogP contribution < -0.4 is 15.6 Å². The largest absolute Gasteiger partial charge is 0.487 e. The fourth-order valence-corrected chi connectivity index (χ4v) is 2.68. The molecule has 0 unspecified atom stereocenters. The van der Waals surface area contributed by atoms with E-state index in [0.29, 0.717) is 10.8 Å². The van der Waals surface area contributed by atoms with E-state index in [9.17, 15) is 4.79 Å². The van der Waals surface area contributed by atoms with E-state index in [1.165, 1.54) is 10.6 Å². The summed E-state index contributed by atoms with van der Waals surface area (Å²) in [6.45, 7) is 1.22. The second-order valence-corrected chi connectivity index (χ2v) is 6.48. The number of ether oxygens (including phenoxy) is 1. The van der Waals surface area contributed by atoms with Gasteiger partial charge in [0.2, 0.25) is 0 Å². The Kier molecular flexibility index (Phi) is 6.57. The summed E-state index contributed by atoms with van der Waals surface area (Å²) in [5.41, 5.74) is 2.30. The highest BCUT2D eigenvalue weighted by Crippen LogP contribution is 2.13. The van der Waals surface area contributed by atoms with Crippen molar-refractivity contribution in [3.05, 3.63) is 81.8 Å². The SMILES string of the molecule is CNCCCc1ccc(-n2ccc(OCc3ccc(Cl)cn3)cc2=O)cn1. The number of hydrogen-bond acceptors (Lipinski definition) is 5. The number of nitrogens with one attached hydrogen (secondary N) is 1. The Balaban J connectivity index is 1.65. The van der Waals surface area contributed by atoms with Gasteiger partial charge in [-0.3, -0.25) is 19.3 Å². The van der Waals surface area contributed by atoms with Crippen LogP contribution in [0.4, 0.5) is 0 Å².